The second kappa shape index (κ2) is 11.0. The molecule has 2 saturated carbocycles. The molecule has 0 aromatic rings. The first-order valence-electron chi connectivity index (χ1n) is 9.33. The minimum absolute atomic E-state index is 0.0546. The van der Waals surface area contributed by atoms with Crippen molar-refractivity contribution in [2.75, 3.05) is 0 Å². The summed E-state index contributed by atoms with van der Waals surface area (Å²) in [7, 11) is 18.5. The van der Waals surface area contributed by atoms with E-state index in [-0.39, 0.29) is 44.0 Å². The van der Waals surface area contributed by atoms with Crippen LogP contribution in [0.3, 0.4) is 0 Å². The third-order valence-electron chi connectivity index (χ3n) is 7.14. The molecule has 1 N–H and O–H groups in total. The molecular weight excluding hydrogens is 588 g/mol. The van der Waals surface area contributed by atoms with Crippen molar-refractivity contribution in [3.05, 3.63) is 11.6 Å². The molecule has 0 radical (unpaired) electrons. The Morgan fingerprint density at radius 2 is 1.83 bits per heavy atom. The molecule has 3 rings (SSSR count). The van der Waals surface area contributed by atoms with E-state index in [9.17, 15) is 5.11 Å². The molecular formula is C14H34O3P12. The fourth-order valence-corrected chi connectivity index (χ4v) is 73.5. The maximum atomic E-state index is 12.3. The topological polar surface area (TPSA) is 38.7 Å². The summed E-state index contributed by atoms with van der Waals surface area (Å²) in [5.74, 6) is 0.334. The van der Waals surface area contributed by atoms with Crippen LogP contribution in [0.4, 0.5) is 0 Å². The maximum Gasteiger partial charge on any atom is 0.104 e. The SMILES string of the molecule is CC1=CCC2C(OPP)C3(O)CCC(OP(P(P)P)P(PP)P(P)P)C13C2(C)C. The third kappa shape index (κ3) is 4.53. The van der Waals surface area contributed by atoms with Crippen LogP contribution in [-0.2, 0) is 9.05 Å². The lowest BCUT2D eigenvalue weighted by atomic mass is 9.54. The average molecular weight is 622 g/mol. The number of allylic oxidation sites excluding steroid dienone is 1. The molecule has 0 amide bonds. The largest absolute Gasteiger partial charge is 0.386 e. The van der Waals surface area contributed by atoms with Gasteiger partial charge in [0.05, 0.1) is 25.1 Å². The lowest BCUT2D eigenvalue weighted by Crippen LogP contribution is -2.56. The van der Waals surface area contributed by atoms with Crippen molar-refractivity contribution in [1.82, 2.24) is 0 Å². The Morgan fingerprint density at radius 3 is 2.34 bits per heavy atom. The highest BCUT2D eigenvalue weighted by molar-refractivity contribution is 9.10. The molecule has 29 heavy (non-hydrogen) atoms. The van der Waals surface area contributed by atoms with Crippen LogP contribution in [0, 0.1) is 16.7 Å². The summed E-state index contributed by atoms with van der Waals surface area (Å²) >= 11 is 0. The Hall–Kier alpha value is 4.78. The van der Waals surface area contributed by atoms with Crippen LogP contribution in [0.1, 0.15) is 40.0 Å². The average Bonchev–Trinajstić information content (AvgIpc) is 2.95. The number of hydrogen-bond acceptors (Lipinski definition) is 3. The van der Waals surface area contributed by atoms with Gasteiger partial charge in [0.15, 0.2) is 0 Å². The predicted molar refractivity (Wildman–Crippen MR) is 165 cm³/mol. The first-order valence-corrected chi connectivity index (χ1v) is 29.6. The smallest absolute Gasteiger partial charge is 0.104 e. The van der Waals surface area contributed by atoms with Gasteiger partial charge in [0.1, 0.15) is 5.60 Å². The Kier molecular flexibility index (Phi) is 10.8. The maximum absolute atomic E-state index is 12.3. The first-order chi connectivity index (χ1) is 13.5. The highest BCUT2D eigenvalue weighted by Crippen LogP contribution is 3.09. The Labute approximate surface area is 198 Å². The minimum Gasteiger partial charge on any atom is -0.386 e. The van der Waals surface area contributed by atoms with Crippen LogP contribution < -0.4 is 0 Å². The zero-order valence-corrected chi connectivity index (χ0v) is 29.5. The molecule has 3 aliphatic carbocycles. The zero-order valence-electron chi connectivity index (χ0n) is 16.9. The second-order valence-corrected chi connectivity index (χ2v) is 44.1. The van der Waals surface area contributed by atoms with Crippen LogP contribution in [0.25, 0.3) is 0 Å². The van der Waals surface area contributed by atoms with Gasteiger partial charge in [0.25, 0.3) is 0 Å². The van der Waals surface area contributed by atoms with Gasteiger partial charge in [0.2, 0.25) is 0 Å². The highest BCUT2D eigenvalue weighted by atomic mass is 33.1. The van der Waals surface area contributed by atoms with Crippen molar-refractivity contribution in [3.8, 4) is 0 Å². The van der Waals surface area contributed by atoms with E-state index in [1.165, 1.54) is 5.57 Å². The molecule has 0 heterocycles. The van der Waals surface area contributed by atoms with E-state index in [1.807, 2.05) is 0 Å². The van der Waals surface area contributed by atoms with E-state index in [0.29, 0.717) is 14.4 Å². The Balaban J connectivity index is 2.06. The standard InChI is InChI=1S/C14H34O3P12/c1-8-4-5-9-11(16-24-18)13(15)7-6-10(14(8,13)12(9,2)3)17-26(27(20)21)29(25-19)28(22)23/h4,9-11,15,24-25H,5-7,18-23H2,1-3H3. The van der Waals surface area contributed by atoms with Crippen molar-refractivity contribution in [1.29, 1.82) is 0 Å². The van der Waals surface area contributed by atoms with Crippen LogP contribution in [0.15, 0.2) is 11.6 Å². The summed E-state index contributed by atoms with van der Waals surface area (Å²) in [5, 5.41) is 12.3. The van der Waals surface area contributed by atoms with Gasteiger partial charge in [-0.2, -0.15) is 0 Å². The molecule has 1 spiro atoms. The van der Waals surface area contributed by atoms with Gasteiger partial charge < -0.3 is 14.2 Å². The van der Waals surface area contributed by atoms with Gasteiger partial charge in [0, 0.05) is 15.5 Å². The monoisotopic (exact) mass is 622 g/mol. The molecule has 168 valence electrons. The van der Waals surface area contributed by atoms with Gasteiger partial charge in [-0.15, -0.1) is 44.6 Å². The van der Waals surface area contributed by atoms with Gasteiger partial charge in [-0.1, -0.05) is 42.4 Å². The van der Waals surface area contributed by atoms with Crippen molar-refractivity contribution in [2.24, 2.45) is 16.7 Å². The predicted octanol–water partition coefficient (Wildman–Crippen LogP) is 8.79. The van der Waals surface area contributed by atoms with Crippen LogP contribution >= 0.6 is 98.5 Å². The lowest BCUT2D eigenvalue weighted by molar-refractivity contribution is -0.116. The molecule has 15 heteroatoms. The Morgan fingerprint density at radius 1 is 1.17 bits per heavy atom. The van der Waals surface area contributed by atoms with E-state index in [1.54, 1.807) is 0 Å². The summed E-state index contributed by atoms with van der Waals surface area (Å²) in [4.78, 5) is 0. The van der Waals surface area contributed by atoms with Gasteiger partial charge >= 0.3 is 0 Å². The summed E-state index contributed by atoms with van der Waals surface area (Å²) in [6, 6.07) is 0. The van der Waals surface area contributed by atoms with Gasteiger partial charge in [-0.05, 0) is 51.5 Å². The third-order valence-corrected chi connectivity index (χ3v) is 55.2. The number of aliphatic hydroxyl groups is 1. The summed E-state index contributed by atoms with van der Waals surface area (Å²) < 4.78 is 13.5. The molecule has 0 saturated heterocycles. The van der Waals surface area contributed by atoms with Gasteiger partial charge in [-0.3, -0.25) is 0 Å². The molecule has 2 bridgehead atoms. The van der Waals surface area contributed by atoms with E-state index < -0.39 is 13.1 Å². The molecule has 15 unspecified atom stereocenters. The second-order valence-electron chi connectivity index (χ2n) is 8.40. The zero-order chi connectivity index (χ0) is 21.8. The van der Waals surface area contributed by atoms with Crippen molar-refractivity contribution >= 4 is 98.5 Å². The van der Waals surface area contributed by atoms with Crippen LogP contribution in [0.5, 0.6) is 0 Å². The van der Waals surface area contributed by atoms with E-state index in [4.69, 9.17) is 9.05 Å². The highest BCUT2D eigenvalue weighted by Gasteiger charge is 2.79. The minimum atomic E-state index is -0.837. The summed E-state index contributed by atoms with van der Waals surface area (Å²) in [5.41, 5.74) is 0.0807. The van der Waals surface area contributed by atoms with Crippen molar-refractivity contribution < 1.29 is 14.2 Å². The Bertz CT molecular complexity index is 647. The van der Waals surface area contributed by atoms with Crippen LogP contribution in [0.2, 0.25) is 0 Å². The summed E-state index contributed by atoms with van der Waals surface area (Å²) in [6.45, 7) is 6.29. The molecule has 15 atom stereocenters. The lowest BCUT2D eigenvalue weighted by Gasteiger charge is -2.53. The molecule has 0 aliphatic heterocycles. The number of fused-ring (bicyclic) bond motifs is 1. The van der Waals surface area contributed by atoms with Crippen molar-refractivity contribution in [2.45, 2.75) is 57.8 Å². The molecule has 3 nitrogen and oxygen atoms in total. The normalized spacial score (nSPS) is 41.1. The van der Waals surface area contributed by atoms with E-state index in [0.717, 1.165) is 27.2 Å². The fourth-order valence-electron chi connectivity index (χ4n) is 6.27. The molecule has 0 aromatic carbocycles. The van der Waals surface area contributed by atoms with E-state index in [2.05, 4.69) is 80.4 Å². The van der Waals surface area contributed by atoms with E-state index >= 15 is 0 Å². The molecule has 2 fully saturated rings. The van der Waals surface area contributed by atoms with Gasteiger partial charge in [-0.25, -0.2) is 0 Å². The van der Waals surface area contributed by atoms with Crippen molar-refractivity contribution in [3.63, 3.8) is 0 Å². The first kappa shape index (κ1) is 28.4. The fraction of sp³-hybridized carbons (Fsp3) is 0.857. The van der Waals surface area contributed by atoms with Crippen LogP contribution in [-0.4, -0.2) is 22.9 Å². The summed E-state index contributed by atoms with van der Waals surface area (Å²) in [6.07, 6.45) is 5.02. The number of hydrogen-bond donors (Lipinski definition) is 1. The number of rotatable bonds is 8. The molecule has 3 aliphatic rings. The molecule has 0 aromatic heterocycles. The quantitative estimate of drug-likeness (QED) is 0.217.